The first-order chi connectivity index (χ1) is 43.7. The van der Waals surface area contributed by atoms with Gasteiger partial charge in [0, 0.05) is 0 Å². The van der Waals surface area contributed by atoms with Crippen molar-refractivity contribution in [2.24, 2.45) is 0 Å². The number of aromatic nitrogens is 18. The molecule has 450 valence electrons. The molecule has 6 aromatic carbocycles. The number of hydrazine groups is 3. The third-order valence-electron chi connectivity index (χ3n) is 13.5. The molecule has 0 bridgehead atoms. The Morgan fingerprint density at radius 2 is 0.344 bits per heavy atom. The number of hydrogen-bond donors (Lipinski definition) is 6. The second-order valence-corrected chi connectivity index (χ2v) is 19.3. The van der Waals surface area contributed by atoms with Crippen LogP contribution in [0.5, 0.6) is 0 Å². The molecule has 6 heterocycles. The SMILES string of the molecule is Cc1c(C(=O)NNC(=O)c2nnn(-c3ccccc3)c2C)nnn1-c1ccccc1.Cc1c(C(=O)NNC(=O)c2nnn(-c3ccccc3)c2C)nnn1-c1ccccc1.Cc1c(C(=O)NNC(=O)c2nnn(-c3ccccc3)c2C)nnn1-c1ccccc1. The lowest BCUT2D eigenvalue weighted by Gasteiger charge is -2.06. The first-order valence-corrected chi connectivity index (χ1v) is 27.4. The van der Waals surface area contributed by atoms with Crippen LogP contribution in [0.25, 0.3) is 34.1 Å². The maximum absolute atomic E-state index is 12.5. The predicted octanol–water partition coefficient (Wildman–Crippen LogP) is 4.62. The monoisotopic (exact) mass is 1210 g/mol. The van der Waals surface area contributed by atoms with E-state index in [4.69, 9.17) is 0 Å². The minimum absolute atomic E-state index is 0.101. The summed E-state index contributed by atoms with van der Waals surface area (Å²) in [5, 5.41) is 47.6. The predicted molar refractivity (Wildman–Crippen MR) is 321 cm³/mol. The standard InChI is InChI=1S/3C20H18N8O2/c3*1-13-17(21-25-27(13)15-9-5-3-6-10-15)19(29)23-24-20(30)18-14(2)28(26-22-18)16-11-7-4-8-12-16/h3*3-12H,1-2H3,(H,23,29)(H,24,30). The molecule has 12 aromatic rings. The molecule has 6 aromatic heterocycles. The Hall–Kier alpha value is -13.0. The summed E-state index contributed by atoms with van der Waals surface area (Å²) >= 11 is 0. The normalized spacial score (nSPS) is 10.6. The van der Waals surface area contributed by atoms with E-state index < -0.39 is 35.4 Å². The molecular formula is C60H54N24O6. The lowest BCUT2D eigenvalue weighted by atomic mass is 10.3. The molecule has 0 unspecified atom stereocenters. The number of rotatable bonds is 12. The number of amides is 6. The van der Waals surface area contributed by atoms with Gasteiger partial charge in [-0.2, -0.15) is 0 Å². The highest BCUT2D eigenvalue weighted by atomic mass is 16.2. The Morgan fingerprint density at radius 1 is 0.222 bits per heavy atom. The summed E-state index contributed by atoms with van der Waals surface area (Å²) in [6, 6.07) is 55.9. The molecule has 0 aliphatic carbocycles. The van der Waals surface area contributed by atoms with Crippen LogP contribution in [0.3, 0.4) is 0 Å². The average Bonchev–Trinajstić information content (AvgIpc) is 2.64. The maximum atomic E-state index is 12.5. The van der Waals surface area contributed by atoms with E-state index in [0.29, 0.717) is 34.2 Å². The lowest BCUT2D eigenvalue weighted by molar-refractivity contribution is 0.0840. The molecule has 0 saturated carbocycles. The molecule has 0 fully saturated rings. The summed E-state index contributed by atoms with van der Waals surface area (Å²) in [7, 11) is 0. The molecule has 0 spiro atoms. The lowest BCUT2D eigenvalue weighted by Crippen LogP contribution is -2.42. The van der Waals surface area contributed by atoms with Gasteiger partial charge in [-0.05, 0) is 114 Å². The summed E-state index contributed by atoms with van der Waals surface area (Å²) in [4.78, 5) is 74.8. The zero-order valence-corrected chi connectivity index (χ0v) is 48.8. The molecule has 6 amide bonds. The van der Waals surface area contributed by atoms with Crippen molar-refractivity contribution >= 4 is 35.4 Å². The summed E-state index contributed by atoms with van der Waals surface area (Å²) < 4.78 is 9.29. The molecular weight excluding hydrogens is 1150 g/mol. The molecule has 0 saturated heterocycles. The molecule has 0 radical (unpaired) electrons. The smallest absolute Gasteiger partial charge is 0.265 e. The van der Waals surface area contributed by atoms with E-state index in [1.165, 1.54) is 0 Å². The number of nitrogens with one attached hydrogen (secondary N) is 6. The largest absolute Gasteiger partial charge is 0.292 e. The second-order valence-electron chi connectivity index (χ2n) is 19.3. The van der Waals surface area contributed by atoms with E-state index >= 15 is 0 Å². The van der Waals surface area contributed by atoms with E-state index in [9.17, 15) is 28.8 Å². The van der Waals surface area contributed by atoms with Gasteiger partial charge in [0.25, 0.3) is 35.4 Å². The van der Waals surface area contributed by atoms with Gasteiger partial charge < -0.3 is 0 Å². The molecule has 0 aliphatic rings. The Kier molecular flexibility index (Phi) is 18.3. The van der Waals surface area contributed by atoms with Gasteiger partial charge in [-0.25, -0.2) is 28.1 Å². The fourth-order valence-electron chi connectivity index (χ4n) is 8.82. The van der Waals surface area contributed by atoms with Crippen molar-refractivity contribution in [1.29, 1.82) is 0 Å². The highest BCUT2D eigenvalue weighted by Crippen LogP contribution is 2.18. The van der Waals surface area contributed by atoms with Crippen molar-refractivity contribution in [3.05, 3.63) is 250 Å². The van der Waals surface area contributed by atoms with Crippen LogP contribution < -0.4 is 32.6 Å². The van der Waals surface area contributed by atoms with Crippen LogP contribution >= 0.6 is 0 Å². The van der Waals surface area contributed by atoms with Crippen LogP contribution in [0.15, 0.2) is 182 Å². The van der Waals surface area contributed by atoms with Crippen LogP contribution in [-0.4, -0.2) is 125 Å². The molecule has 6 N–H and O–H groups in total. The van der Waals surface area contributed by atoms with Gasteiger partial charge >= 0.3 is 0 Å². The molecule has 30 nitrogen and oxygen atoms in total. The molecule has 30 heteroatoms. The molecule has 90 heavy (non-hydrogen) atoms. The second kappa shape index (κ2) is 27.3. The van der Waals surface area contributed by atoms with Crippen LogP contribution in [0.4, 0.5) is 0 Å². The minimum atomic E-state index is -0.587. The van der Waals surface area contributed by atoms with Crippen LogP contribution in [0, 0.1) is 41.5 Å². The van der Waals surface area contributed by atoms with Crippen molar-refractivity contribution in [3.63, 3.8) is 0 Å². The fraction of sp³-hybridized carbons (Fsp3) is 0.100. The van der Waals surface area contributed by atoms with Crippen molar-refractivity contribution in [1.82, 2.24) is 123 Å². The molecule has 12 rings (SSSR count). The van der Waals surface area contributed by atoms with Crippen LogP contribution in [-0.2, 0) is 0 Å². The van der Waals surface area contributed by atoms with Gasteiger partial charge in [0.2, 0.25) is 0 Å². The van der Waals surface area contributed by atoms with Crippen LogP contribution in [0.2, 0.25) is 0 Å². The van der Waals surface area contributed by atoms with Gasteiger partial charge in [-0.15, -0.1) is 30.6 Å². The number of carbonyl (C=O) groups is 6. The van der Waals surface area contributed by atoms with Crippen molar-refractivity contribution in [3.8, 4) is 34.1 Å². The first-order valence-electron chi connectivity index (χ1n) is 27.4. The van der Waals surface area contributed by atoms with E-state index in [2.05, 4.69) is 94.4 Å². The third-order valence-corrected chi connectivity index (χ3v) is 13.5. The number of para-hydroxylation sites is 6. The van der Waals surface area contributed by atoms with Gasteiger partial charge in [0.15, 0.2) is 34.2 Å². The van der Waals surface area contributed by atoms with Gasteiger partial charge in [0.05, 0.1) is 68.3 Å². The fourth-order valence-corrected chi connectivity index (χ4v) is 8.82. The summed E-state index contributed by atoms with van der Waals surface area (Å²) in [5.74, 6) is -3.52. The first kappa shape index (κ1) is 60.1. The maximum Gasteiger partial charge on any atom is 0.292 e. The number of benzene rings is 6. The minimum Gasteiger partial charge on any atom is -0.265 e. The Morgan fingerprint density at radius 3 is 0.467 bits per heavy atom. The number of nitrogens with zero attached hydrogens (tertiary/aromatic N) is 18. The van der Waals surface area contributed by atoms with Crippen molar-refractivity contribution < 1.29 is 28.8 Å². The van der Waals surface area contributed by atoms with E-state index in [0.717, 1.165) is 34.1 Å². The Labute approximate surface area is 510 Å². The highest BCUT2D eigenvalue weighted by Gasteiger charge is 2.25. The van der Waals surface area contributed by atoms with Crippen molar-refractivity contribution in [2.45, 2.75) is 41.5 Å². The van der Waals surface area contributed by atoms with Gasteiger partial charge in [0.1, 0.15) is 0 Å². The van der Waals surface area contributed by atoms with Gasteiger partial charge in [-0.1, -0.05) is 140 Å². The van der Waals surface area contributed by atoms with E-state index in [-0.39, 0.29) is 34.2 Å². The Balaban J connectivity index is 0.000000148. The van der Waals surface area contributed by atoms with Crippen LogP contribution in [0.1, 0.15) is 97.1 Å². The van der Waals surface area contributed by atoms with E-state index in [1.807, 2.05) is 182 Å². The van der Waals surface area contributed by atoms with Crippen molar-refractivity contribution in [2.75, 3.05) is 0 Å². The summed E-state index contributed by atoms with van der Waals surface area (Å²) in [6.45, 7) is 10.3. The topological polar surface area (TPSA) is 359 Å². The summed E-state index contributed by atoms with van der Waals surface area (Å²) in [6.07, 6.45) is 0. The summed E-state index contributed by atoms with van der Waals surface area (Å²) in [5.41, 5.74) is 22.6. The quantitative estimate of drug-likeness (QED) is 0.0909. The molecule has 0 aliphatic heterocycles. The molecule has 0 atom stereocenters. The van der Waals surface area contributed by atoms with E-state index in [1.54, 1.807) is 69.6 Å². The zero-order chi connectivity index (χ0) is 63.3. The number of hydrogen-bond acceptors (Lipinski definition) is 18. The number of carbonyl (C=O) groups excluding carboxylic acids is 6. The van der Waals surface area contributed by atoms with Gasteiger partial charge in [-0.3, -0.25) is 61.3 Å². The highest BCUT2D eigenvalue weighted by molar-refractivity contribution is 6.00. The Bertz CT molecular complexity index is 3760. The average molecular weight is 1210 g/mol. The third kappa shape index (κ3) is 13.3. The zero-order valence-electron chi connectivity index (χ0n) is 48.8.